The van der Waals surface area contributed by atoms with E-state index in [1.165, 1.54) is 321 Å². The van der Waals surface area contributed by atoms with E-state index in [0.717, 1.165) is 64.2 Å². The third-order valence-corrected chi connectivity index (χ3v) is 18.6. The van der Waals surface area contributed by atoms with Crippen molar-refractivity contribution < 1.29 is 42.9 Å². The summed E-state index contributed by atoms with van der Waals surface area (Å²) in [6.45, 7) is 4.84. The molecular weight excluding hydrogens is 1150 g/mol. The van der Waals surface area contributed by atoms with Gasteiger partial charge in [-0.15, -0.1) is 0 Å². The fraction of sp³-hybridized carbons (Fsp3) is 0.869. The molecule has 0 fully saturated rings. The van der Waals surface area contributed by atoms with Crippen molar-refractivity contribution in [2.24, 2.45) is 0 Å². The topological polar surface area (TPSA) is 108 Å². The van der Waals surface area contributed by atoms with Gasteiger partial charge in [0.05, 0.1) is 34.4 Å². The molecule has 0 heterocycles. The van der Waals surface area contributed by atoms with E-state index in [4.69, 9.17) is 18.9 Å². The van der Waals surface area contributed by atoms with Crippen molar-refractivity contribution >= 4 is 17.9 Å². The Kier molecular flexibility index (Phi) is 72.8. The Bertz CT molecular complexity index is 1670. The van der Waals surface area contributed by atoms with Crippen LogP contribution in [-0.2, 0) is 33.3 Å². The van der Waals surface area contributed by atoms with E-state index in [1.807, 2.05) is 21.1 Å². The molecule has 0 rings (SSSR count). The van der Waals surface area contributed by atoms with Crippen LogP contribution in [0.2, 0.25) is 0 Å². The van der Waals surface area contributed by atoms with Crippen LogP contribution in [0.4, 0.5) is 0 Å². The minimum absolute atomic E-state index is 0.176. The van der Waals surface area contributed by atoms with Crippen molar-refractivity contribution in [2.45, 2.75) is 424 Å². The van der Waals surface area contributed by atoms with Crippen LogP contribution in [0.25, 0.3) is 0 Å². The highest BCUT2D eigenvalue weighted by Crippen LogP contribution is 2.20. The second-order valence-corrected chi connectivity index (χ2v) is 29.1. The van der Waals surface area contributed by atoms with Crippen LogP contribution in [0.3, 0.4) is 0 Å². The van der Waals surface area contributed by atoms with Crippen molar-refractivity contribution in [1.29, 1.82) is 0 Å². The molecule has 2 atom stereocenters. The third-order valence-electron chi connectivity index (χ3n) is 18.6. The highest BCUT2D eigenvalue weighted by molar-refractivity contribution is 5.71. The number of likely N-dealkylation sites (N-methyl/N-ethyl adjacent to an activating group) is 1. The van der Waals surface area contributed by atoms with E-state index in [2.05, 4.69) is 62.5 Å². The molecule has 2 unspecified atom stereocenters. The number of hydrogen-bond donors (Lipinski definition) is 1. The third kappa shape index (κ3) is 76.5. The largest absolute Gasteiger partial charge is 0.477 e. The molecule has 0 saturated carbocycles. The van der Waals surface area contributed by atoms with Gasteiger partial charge in [-0.25, -0.2) is 4.79 Å². The Morgan fingerprint density at radius 1 is 0.333 bits per heavy atom. The summed E-state index contributed by atoms with van der Waals surface area (Å²) >= 11 is 0. The van der Waals surface area contributed by atoms with Crippen molar-refractivity contribution in [3.8, 4) is 0 Å². The van der Waals surface area contributed by atoms with Gasteiger partial charge in [-0.3, -0.25) is 9.59 Å². The first-order valence-electron chi connectivity index (χ1n) is 40.8. The predicted octanol–water partition coefficient (Wildman–Crippen LogP) is 26.0. The molecule has 0 aliphatic heterocycles. The van der Waals surface area contributed by atoms with E-state index in [9.17, 15) is 19.5 Å². The summed E-state index contributed by atoms with van der Waals surface area (Å²) in [5, 5.41) is 9.77. The Balaban J connectivity index is 3.95. The van der Waals surface area contributed by atoms with Crippen LogP contribution in [0.5, 0.6) is 0 Å². The molecule has 0 aliphatic carbocycles. The molecule has 9 heteroatoms. The number of rotatable bonds is 77. The van der Waals surface area contributed by atoms with E-state index in [0.29, 0.717) is 17.4 Å². The molecule has 0 radical (unpaired) electrons. The maximum absolute atomic E-state index is 13.0. The molecule has 0 saturated heterocycles. The van der Waals surface area contributed by atoms with Crippen LogP contribution in [-0.4, -0.2) is 87.4 Å². The number of ether oxygens (including phenoxy) is 4. The number of aliphatic carboxylic acids is 1. The molecule has 546 valence electrons. The number of allylic oxidation sites excluding steroid dienone is 8. The van der Waals surface area contributed by atoms with Crippen LogP contribution < -0.4 is 0 Å². The number of carbonyl (C=O) groups is 3. The minimum Gasteiger partial charge on any atom is -0.477 e. The molecule has 0 amide bonds. The Labute approximate surface area is 578 Å². The number of nitrogens with zero attached hydrogens (tertiary/aromatic N) is 1. The standard InChI is InChI=1S/C84H157NO8/c1-6-8-10-12-14-16-18-20-22-24-26-28-30-32-34-36-38-39-40-41-42-43-45-46-48-50-52-54-56-58-60-62-64-66-68-70-72-74-81(86)91-78-80(79-92-84(83(88)89)90-77-76-85(3,4)5)93-82(87)75-73-71-69-67-65-63-61-59-57-55-53-51-49-47-44-37-35-33-31-29-27-25-23-21-19-17-15-13-11-9-7-2/h9,11,15,17,21,23,27,29,80,84H,6-8,10,12-14,16,18-20,22,24-26,28,30-79H2,1-5H3/p+1/b11-9-,17-15-,23-21-,29-27-. The summed E-state index contributed by atoms with van der Waals surface area (Å²) in [5.41, 5.74) is 0. The fourth-order valence-electron chi connectivity index (χ4n) is 12.4. The number of hydrogen-bond acceptors (Lipinski definition) is 7. The lowest BCUT2D eigenvalue weighted by atomic mass is 10.0. The first kappa shape index (κ1) is 90.2. The molecule has 0 aromatic heterocycles. The molecule has 0 aromatic carbocycles. The molecule has 0 bridgehead atoms. The molecular formula is C84H158NO8+. The number of carbonyl (C=O) groups excluding carboxylic acids is 2. The Morgan fingerprint density at radius 3 is 0.914 bits per heavy atom. The Morgan fingerprint density at radius 2 is 0.613 bits per heavy atom. The molecule has 0 aliphatic rings. The lowest BCUT2D eigenvalue weighted by Crippen LogP contribution is -2.40. The number of carboxylic acids is 1. The van der Waals surface area contributed by atoms with Gasteiger partial charge in [0, 0.05) is 12.8 Å². The smallest absolute Gasteiger partial charge is 0.361 e. The van der Waals surface area contributed by atoms with E-state index in [-0.39, 0.29) is 38.2 Å². The monoisotopic (exact) mass is 1310 g/mol. The van der Waals surface area contributed by atoms with Gasteiger partial charge >= 0.3 is 17.9 Å². The number of carboxylic acid groups (broad SMARTS) is 1. The first-order chi connectivity index (χ1) is 45.6. The average Bonchev–Trinajstić information content (AvgIpc) is 3.38. The summed E-state index contributed by atoms with van der Waals surface area (Å²) in [4.78, 5) is 37.7. The van der Waals surface area contributed by atoms with Gasteiger partial charge in [-0.1, -0.05) is 396 Å². The lowest BCUT2D eigenvalue weighted by Gasteiger charge is -2.25. The van der Waals surface area contributed by atoms with Crippen molar-refractivity contribution in [3.63, 3.8) is 0 Å². The number of esters is 2. The summed E-state index contributed by atoms with van der Waals surface area (Å²) in [6.07, 6.45) is 95.7. The maximum Gasteiger partial charge on any atom is 0.361 e. The summed E-state index contributed by atoms with van der Waals surface area (Å²) in [6, 6.07) is 0. The molecule has 9 nitrogen and oxygen atoms in total. The van der Waals surface area contributed by atoms with Gasteiger partial charge in [0.25, 0.3) is 6.29 Å². The maximum atomic E-state index is 13.0. The highest BCUT2D eigenvalue weighted by Gasteiger charge is 2.25. The van der Waals surface area contributed by atoms with Crippen LogP contribution in [0, 0.1) is 0 Å². The van der Waals surface area contributed by atoms with Gasteiger partial charge in [0.2, 0.25) is 0 Å². The quantitative estimate of drug-likeness (QED) is 0.0211. The Hall–Kier alpha value is -2.75. The zero-order chi connectivity index (χ0) is 67.5. The summed E-state index contributed by atoms with van der Waals surface area (Å²) < 4.78 is 23.1. The molecule has 0 aromatic rings. The van der Waals surface area contributed by atoms with E-state index >= 15 is 0 Å². The number of quaternary nitrogens is 1. The van der Waals surface area contributed by atoms with E-state index in [1.54, 1.807) is 0 Å². The highest BCUT2D eigenvalue weighted by atomic mass is 16.7. The summed E-state index contributed by atoms with van der Waals surface area (Å²) in [7, 11) is 6.00. The van der Waals surface area contributed by atoms with Gasteiger partial charge in [0.1, 0.15) is 13.2 Å². The number of unbranched alkanes of at least 4 members (excludes halogenated alkanes) is 54. The zero-order valence-corrected chi connectivity index (χ0v) is 62.7. The zero-order valence-electron chi connectivity index (χ0n) is 62.7. The normalized spacial score (nSPS) is 12.8. The SMILES string of the molecule is CC/C=C\C/C=C\C/C=C\C/C=C\CCCCCCCCCCCCCCCCCCCCC(=O)OC(COC(=O)CCCCCCCCCCCCCCCCCCCCCCCCCCCCCCCCCCCCCCC)COC(OCC[N+](C)(C)C)C(=O)O. The van der Waals surface area contributed by atoms with Gasteiger partial charge in [-0.05, 0) is 51.4 Å². The van der Waals surface area contributed by atoms with Gasteiger partial charge < -0.3 is 28.5 Å². The second kappa shape index (κ2) is 75.0. The predicted molar refractivity (Wildman–Crippen MR) is 401 cm³/mol. The summed E-state index contributed by atoms with van der Waals surface area (Å²) in [5.74, 6) is -1.97. The van der Waals surface area contributed by atoms with Crippen molar-refractivity contribution in [1.82, 2.24) is 0 Å². The first-order valence-corrected chi connectivity index (χ1v) is 40.8. The minimum atomic E-state index is -1.51. The van der Waals surface area contributed by atoms with Crippen molar-refractivity contribution in [3.05, 3.63) is 48.6 Å². The van der Waals surface area contributed by atoms with Crippen LogP contribution in [0.15, 0.2) is 48.6 Å². The van der Waals surface area contributed by atoms with Crippen molar-refractivity contribution in [2.75, 3.05) is 47.5 Å². The molecule has 93 heavy (non-hydrogen) atoms. The van der Waals surface area contributed by atoms with E-state index < -0.39 is 18.4 Å². The second-order valence-electron chi connectivity index (χ2n) is 29.1. The van der Waals surface area contributed by atoms with Crippen LogP contribution in [0.1, 0.15) is 412 Å². The molecule has 0 spiro atoms. The van der Waals surface area contributed by atoms with Gasteiger partial charge in [-0.2, -0.15) is 0 Å². The lowest BCUT2D eigenvalue weighted by molar-refractivity contribution is -0.870. The van der Waals surface area contributed by atoms with Crippen LogP contribution >= 0.6 is 0 Å². The van der Waals surface area contributed by atoms with Gasteiger partial charge in [0.15, 0.2) is 6.10 Å². The molecule has 1 N–H and O–H groups in total. The fourth-order valence-corrected chi connectivity index (χ4v) is 12.4. The average molecular weight is 1310 g/mol.